The van der Waals surface area contributed by atoms with Crippen molar-refractivity contribution < 1.29 is 4.74 Å². The standard InChI is InChI=1S/C36H25BClNOS/c38-24-15-19-29-35(21-24)41-34-11-5-10-32-36(34)37(29)28-18-14-23(20-33(28)40-32)22-12-16-25(17-13-22)39-30-8-3-1-6-26(30)27-7-2-4-9-31(27)39/h1,3,5-6,8,10-21H,2,4,7,9H2. The molecule has 0 saturated carbocycles. The molecule has 0 fully saturated rings. The molecular formula is C36H25BClNOS. The van der Waals surface area contributed by atoms with Gasteiger partial charge in [-0.3, -0.25) is 0 Å². The predicted octanol–water partition coefficient (Wildman–Crippen LogP) is 7.92. The second-order valence-corrected chi connectivity index (χ2v) is 12.8. The van der Waals surface area contributed by atoms with Crippen molar-refractivity contribution in [3.63, 3.8) is 0 Å². The lowest BCUT2D eigenvalue weighted by atomic mass is 9.35. The molecule has 41 heavy (non-hydrogen) atoms. The number of para-hydroxylation sites is 1. The van der Waals surface area contributed by atoms with Gasteiger partial charge in [0.2, 0.25) is 0 Å². The van der Waals surface area contributed by atoms with E-state index < -0.39 is 0 Å². The van der Waals surface area contributed by atoms with Crippen LogP contribution in [0.25, 0.3) is 27.7 Å². The van der Waals surface area contributed by atoms with Crippen molar-refractivity contribution >= 4 is 57.4 Å². The number of hydrogen-bond acceptors (Lipinski definition) is 2. The molecule has 0 radical (unpaired) electrons. The average molecular weight is 566 g/mol. The van der Waals surface area contributed by atoms with Crippen LogP contribution in [0, 0.1) is 0 Å². The highest BCUT2D eigenvalue weighted by Crippen LogP contribution is 2.39. The first kappa shape index (κ1) is 23.8. The van der Waals surface area contributed by atoms with Crippen LogP contribution >= 0.6 is 23.4 Å². The van der Waals surface area contributed by atoms with Gasteiger partial charge in [-0.2, -0.15) is 0 Å². The van der Waals surface area contributed by atoms with Crippen LogP contribution in [-0.2, 0) is 12.8 Å². The van der Waals surface area contributed by atoms with Crippen LogP contribution in [0.15, 0.2) is 113 Å². The summed E-state index contributed by atoms with van der Waals surface area (Å²) in [5.41, 5.74) is 11.7. The highest BCUT2D eigenvalue weighted by Gasteiger charge is 2.39. The summed E-state index contributed by atoms with van der Waals surface area (Å²) in [6.07, 6.45) is 4.87. The van der Waals surface area contributed by atoms with Crippen molar-refractivity contribution in [2.45, 2.75) is 35.5 Å². The summed E-state index contributed by atoms with van der Waals surface area (Å²) in [5.74, 6) is 1.88. The molecule has 5 aromatic carbocycles. The van der Waals surface area contributed by atoms with Crippen molar-refractivity contribution in [3.8, 4) is 28.3 Å². The Bertz CT molecular complexity index is 2030. The van der Waals surface area contributed by atoms with Crippen LogP contribution in [-0.4, -0.2) is 11.3 Å². The fourth-order valence-electron chi connectivity index (χ4n) is 7.17. The number of nitrogens with zero attached hydrogens (tertiary/aromatic N) is 1. The summed E-state index contributed by atoms with van der Waals surface area (Å²) in [6.45, 7) is 0.142. The molecule has 0 bridgehead atoms. The van der Waals surface area contributed by atoms with E-state index in [2.05, 4.69) is 102 Å². The zero-order valence-corrected chi connectivity index (χ0v) is 23.9. The number of halogens is 1. The Morgan fingerprint density at radius 2 is 1.54 bits per heavy atom. The van der Waals surface area contributed by atoms with E-state index in [4.69, 9.17) is 16.3 Å². The number of aryl methyl sites for hydroxylation is 1. The molecule has 2 nitrogen and oxygen atoms in total. The Kier molecular flexibility index (Phi) is 5.27. The van der Waals surface area contributed by atoms with Gasteiger partial charge in [-0.25, -0.2) is 0 Å². The Balaban J connectivity index is 1.12. The van der Waals surface area contributed by atoms with Gasteiger partial charge in [-0.1, -0.05) is 83.4 Å². The molecule has 1 aromatic heterocycles. The molecule has 0 spiro atoms. The first-order valence-electron chi connectivity index (χ1n) is 14.4. The van der Waals surface area contributed by atoms with Gasteiger partial charge in [0, 0.05) is 31.6 Å². The fourth-order valence-corrected chi connectivity index (χ4v) is 8.61. The Morgan fingerprint density at radius 1 is 0.707 bits per heavy atom. The lowest BCUT2D eigenvalue weighted by Gasteiger charge is -2.33. The van der Waals surface area contributed by atoms with E-state index in [-0.39, 0.29) is 6.71 Å². The van der Waals surface area contributed by atoms with E-state index in [1.807, 2.05) is 6.07 Å². The molecule has 9 rings (SSSR count). The number of benzene rings is 5. The summed E-state index contributed by atoms with van der Waals surface area (Å²) < 4.78 is 9.06. The van der Waals surface area contributed by atoms with Gasteiger partial charge < -0.3 is 9.30 Å². The SMILES string of the molecule is Clc1ccc2c(c1)Sc1cccc3c1B2c1ccc(-c2ccc(-n4c5c(c6ccccc64)CCCC5)cc2)cc1O3. The quantitative estimate of drug-likeness (QED) is 0.198. The van der Waals surface area contributed by atoms with Gasteiger partial charge >= 0.3 is 0 Å². The third kappa shape index (κ3) is 3.60. The summed E-state index contributed by atoms with van der Waals surface area (Å²) in [7, 11) is 0. The molecule has 2 aliphatic heterocycles. The number of fused-ring (bicyclic) bond motifs is 7. The van der Waals surface area contributed by atoms with E-state index >= 15 is 0 Å². The lowest BCUT2D eigenvalue weighted by molar-refractivity contribution is 0.486. The fraction of sp³-hybridized carbons (Fsp3) is 0.111. The molecule has 1 aliphatic carbocycles. The van der Waals surface area contributed by atoms with E-state index in [1.54, 1.807) is 11.8 Å². The monoisotopic (exact) mass is 565 g/mol. The molecule has 0 unspecified atom stereocenters. The molecule has 0 saturated heterocycles. The number of aromatic nitrogens is 1. The van der Waals surface area contributed by atoms with Crippen LogP contribution in [0.2, 0.25) is 5.02 Å². The molecular weight excluding hydrogens is 541 g/mol. The summed E-state index contributed by atoms with van der Waals surface area (Å²) in [6, 6.07) is 37.3. The van der Waals surface area contributed by atoms with E-state index in [1.165, 1.54) is 78.9 Å². The second-order valence-electron chi connectivity index (χ2n) is 11.3. The van der Waals surface area contributed by atoms with Crippen molar-refractivity contribution in [2.24, 2.45) is 0 Å². The Labute approximate surface area is 249 Å². The molecule has 0 atom stereocenters. The highest BCUT2D eigenvalue weighted by atomic mass is 35.5. The van der Waals surface area contributed by atoms with Gasteiger partial charge in [0.15, 0.2) is 0 Å². The van der Waals surface area contributed by atoms with Gasteiger partial charge in [-0.15, -0.1) is 0 Å². The summed E-state index contributed by atoms with van der Waals surface area (Å²) >= 11 is 8.18. The smallest absolute Gasteiger partial charge is 0.253 e. The third-order valence-electron chi connectivity index (χ3n) is 9.00. The zero-order chi connectivity index (χ0) is 27.1. The first-order chi connectivity index (χ1) is 20.2. The Morgan fingerprint density at radius 3 is 2.46 bits per heavy atom. The third-order valence-corrected chi connectivity index (χ3v) is 10.4. The Hall–Kier alpha value is -3.86. The zero-order valence-electron chi connectivity index (χ0n) is 22.4. The molecule has 3 heterocycles. The molecule has 6 aromatic rings. The van der Waals surface area contributed by atoms with Crippen LogP contribution in [0.3, 0.4) is 0 Å². The lowest BCUT2D eigenvalue weighted by Crippen LogP contribution is -2.57. The minimum Gasteiger partial charge on any atom is -0.458 e. The average Bonchev–Trinajstić information content (AvgIpc) is 3.35. The van der Waals surface area contributed by atoms with Gasteiger partial charge in [0.05, 0.1) is 5.52 Å². The molecule has 3 aliphatic rings. The molecule has 196 valence electrons. The molecule has 5 heteroatoms. The van der Waals surface area contributed by atoms with Gasteiger partial charge in [-0.05, 0) is 102 Å². The van der Waals surface area contributed by atoms with E-state index in [0.29, 0.717) is 0 Å². The van der Waals surface area contributed by atoms with Crippen LogP contribution in [0.1, 0.15) is 24.1 Å². The minimum absolute atomic E-state index is 0.142. The van der Waals surface area contributed by atoms with Crippen molar-refractivity contribution in [3.05, 3.63) is 119 Å². The molecule has 0 amide bonds. The summed E-state index contributed by atoms with van der Waals surface area (Å²) in [5, 5.41) is 2.18. The predicted molar refractivity (Wildman–Crippen MR) is 172 cm³/mol. The summed E-state index contributed by atoms with van der Waals surface area (Å²) in [4.78, 5) is 2.46. The van der Waals surface area contributed by atoms with Crippen molar-refractivity contribution in [2.75, 3.05) is 0 Å². The van der Waals surface area contributed by atoms with Crippen molar-refractivity contribution in [1.82, 2.24) is 4.57 Å². The highest BCUT2D eigenvalue weighted by molar-refractivity contribution is 8.00. The van der Waals surface area contributed by atoms with Crippen LogP contribution < -0.4 is 21.1 Å². The van der Waals surface area contributed by atoms with Crippen molar-refractivity contribution in [1.29, 1.82) is 0 Å². The largest absolute Gasteiger partial charge is 0.458 e. The number of rotatable bonds is 2. The van der Waals surface area contributed by atoms with E-state index in [0.717, 1.165) is 28.5 Å². The maximum atomic E-state index is 6.57. The van der Waals surface area contributed by atoms with E-state index in [9.17, 15) is 0 Å². The topological polar surface area (TPSA) is 14.2 Å². The van der Waals surface area contributed by atoms with Crippen LogP contribution in [0.4, 0.5) is 0 Å². The first-order valence-corrected chi connectivity index (χ1v) is 15.6. The van der Waals surface area contributed by atoms with Gasteiger partial charge in [0.25, 0.3) is 6.71 Å². The number of ether oxygens (including phenoxy) is 1. The van der Waals surface area contributed by atoms with Gasteiger partial charge in [0.1, 0.15) is 11.5 Å². The maximum Gasteiger partial charge on any atom is 0.253 e. The normalized spacial score (nSPS) is 14.6. The molecule has 0 N–H and O–H groups in total. The second kappa shape index (κ2) is 9.07. The van der Waals surface area contributed by atoms with Crippen LogP contribution in [0.5, 0.6) is 11.5 Å². The number of hydrogen-bond donors (Lipinski definition) is 0. The maximum absolute atomic E-state index is 6.57. The minimum atomic E-state index is 0.142.